The van der Waals surface area contributed by atoms with Crippen molar-refractivity contribution >= 4 is 0 Å². The van der Waals surface area contributed by atoms with Gasteiger partial charge >= 0.3 is 0 Å². The van der Waals surface area contributed by atoms with Crippen LogP contribution in [0.25, 0.3) is 0 Å². The summed E-state index contributed by atoms with van der Waals surface area (Å²) >= 11 is 0. The van der Waals surface area contributed by atoms with Crippen LogP contribution in [0.3, 0.4) is 0 Å². The van der Waals surface area contributed by atoms with Gasteiger partial charge in [-0.15, -0.1) is 0 Å². The molecule has 0 amide bonds. The summed E-state index contributed by atoms with van der Waals surface area (Å²) in [6.45, 7) is 4.28. The van der Waals surface area contributed by atoms with E-state index in [2.05, 4.69) is 11.8 Å². The minimum Gasteiger partial charge on any atom is -0.383 e. The summed E-state index contributed by atoms with van der Waals surface area (Å²) in [5, 5.41) is 0. The minimum atomic E-state index is 0.0781. The van der Waals surface area contributed by atoms with E-state index >= 15 is 0 Å². The summed E-state index contributed by atoms with van der Waals surface area (Å²) in [5.74, 6) is 0. The number of hydrogen-bond acceptors (Lipinski definition) is 4. The van der Waals surface area contributed by atoms with Crippen LogP contribution in [0, 0.1) is 0 Å². The lowest BCUT2D eigenvalue weighted by Crippen LogP contribution is -2.43. The highest BCUT2D eigenvalue weighted by Crippen LogP contribution is 1.96. The van der Waals surface area contributed by atoms with Gasteiger partial charge in [0.25, 0.3) is 0 Å². The van der Waals surface area contributed by atoms with E-state index in [0.717, 1.165) is 13.2 Å². The molecule has 13 heavy (non-hydrogen) atoms. The Bertz CT molecular complexity index is 122. The van der Waals surface area contributed by atoms with Gasteiger partial charge in [-0.2, -0.15) is 0 Å². The van der Waals surface area contributed by atoms with Crippen molar-refractivity contribution in [2.45, 2.75) is 19.0 Å². The van der Waals surface area contributed by atoms with Crippen LogP contribution in [0.4, 0.5) is 0 Å². The quantitative estimate of drug-likeness (QED) is 0.610. The Morgan fingerprint density at radius 1 is 1.23 bits per heavy atom. The Morgan fingerprint density at radius 2 is 1.77 bits per heavy atom. The molecule has 0 aromatic carbocycles. The zero-order valence-electron chi connectivity index (χ0n) is 9.12. The lowest BCUT2D eigenvalue weighted by molar-refractivity contribution is 0.0992. The molecule has 2 unspecified atom stereocenters. The second kappa shape index (κ2) is 7.26. The lowest BCUT2D eigenvalue weighted by Gasteiger charge is -2.26. The molecule has 0 aromatic heterocycles. The van der Waals surface area contributed by atoms with Crippen molar-refractivity contribution in [3.8, 4) is 0 Å². The number of ether oxygens (including phenoxy) is 2. The number of hydrogen-bond donors (Lipinski definition) is 1. The predicted molar refractivity (Wildman–Crippen MR) is 53.8 cm³/mol. The van der Waals surface area contributed by atoms with Gasteiger partial charge < -0.3 is 15.2 Å². The number of nitrogens with two attached hydrogens (primary N) is 1. The zero-order chi connectivity index (χ0) is 10.3. The Balaban J connectivity index is 3.64. The molecule has 0 rings (SSSR count). The third-order valence-corrected chi connectivity index (χ3v) is 2.06. The molecule has 0 radical (unpaired) electrons. The van der Waals surface area contributed by atoms with Crippen molar-refractivity contribution in [1.29, 1.82) is 0 Å². The maximum atomic E-state index is 5.81. The first kappa shape index (κ1) is 12.8. The van der Waals surface area contributed by atoms with Crippen molar-refractivity contribution in [2.75, 3.05) is 41.0 Å². The molecular weight excluding hydrogens is 168 g/mol. The van der Waals surface area contributed by atoms with Gasteiger partial charge in [-0.25, -0.2) is 0 Å². The molecule has 0 saturated carbocycles. The van der Waals surface area contributed by atoms with Crippen LogP contribution < -0.4 is 5.73 Å². The molecule has 4 nitrogen and oxygen atoms in total. The van der Waals surface area contributed by atoms with Crippen LogP contribution in [0.2, 0.25) is 0 Å². The summed E-state index contributed by atoms with van der Waals surface area (Å²) < 4.78 is 10.0. The van der Waals surface area contributed by atoms with E-state index in [1.807, 2.05) is 7.05 Å². The molecule has 0 fully saturated rings. The van der Waals surface area contributed by atoms with Crippen LogP contribution in [-0.2, 0) is 9.47 Å². The predicted octanol–water partition coefficient (Wildman–Crippen LogP) is -0.0732. The van der Waals surface area contributed by atoms with Crippen molar-refractivity contribution in [3.05, 3.63) is 0 Å². The van der Waals surface area contributed by atoms with Crippen molar-refractivity contribution in [1.82, 2.24) is 4.90 Å². The van der Waals surface area contributed by atoms with Gasteiger partial charge in [-0.05, 0) is 14.0 Å². The highest BCUT2D eigenvalue weighted by Gasteiger charge is 2.12. The Labute approximate surface area is 81.0 Å². The molecule has 2 atom stereocenters. The summed E-state index contributed by atoms with van der Waals surface area (Å²) in [6, 6.07) is 0.474. The number of likely N-dealkylation sites (N-methyl/N-ethyl adjacent to an activating group) is 1. The fourth-order valence-electron chi connectivity index (χ4n) is 1.19. The average molecular weight is 190 g/mol. The monoisotopic (exact) mass is 190 g/mol. The van der Waals surface area contributed by atoms with Crippen LogP contribution in [0.1, 0.15) is 6.92 Å². The molecule has 0 aliphatic heterocycles. The highest BCUT2D eigenvalue weighted by molar-refractivity contribution is 4.69. The number of nitrogens with zero attached hydrogens (tertiary/aromatic N) is 1. The van der Waals surface area contributed by atoms with Gasteiger partial charge in [0, 0.05) is 32.8 Å². The van der Waals surface area contributed by atoms with Crippen LogP contribution in [0.15, 0.2) is 0 Å². The first-order chi connectivity index (χ1) is 6.11. The molecule has 0 spiro atoms. The van der Waals surface area contributed by atoms with Gasteiger partial charge in [0.1, 0.15) is 0 Å². The lowest BCUT2D eigenvalue weighted by atomic mass is 10.2. The normalized spacial score (nSPS) is 16.2. The fourth-order valence-corrected chi connectivity index (χ4v) is 1.19. The average Bonchev–Trinajstić information content (AvgIpc) is 2.05. The highest BCUT2D eigenvalue weighted by atomic mass is 16.5. The van der Waals surface area contributed by atoms with Gasteiger partial charge in [0.05, 0.1) is 13.2 Å². The molecule has 0 bridgehead atoms. The number of rotatable bonds is 7. The summed E-state index contributed by atoms with van der Waals surface area (Å²) in [6.07, 6.45) is 0. The van der Waals surface area contributed by atoms with E-state index in [4.69, 9.17) is 15.2 Å². The van der Waals surface area contributed by atoms with E-state index in [1.54, 1.807) is 14.2 Å². The summed E-state index contributed by atoms with van der Waals surface area (Å²) in [5.41, 5.74) is 5.81. The third kappa shape index (κ3) is 5.99. The van der Waals surface area contributed by atoms with Crippen molar-refractivity contribution in [3.63, 3.8) is 0 Å². The third-order valence-electron chi connectivity index (χ3n) is 2.06. The first-order valence-corrected chi connectivity index (χ1v) is 4.55. The van der Waals surface area contributed by atoms with Gasteiger partial charge in [0.15, 0.2) is 0 Å². The van der Waals surface area contributed by atoms with Crippen LogP contribution in [-0.4, -0.2) is 58.0 Å². The standard InChI is InChI=1S/C9H22N2O2/c1-8(6-12-3)11(2)5-9(10)7-13-4/h8-9H,5-7,10H2,1-4H3. The SMILES string of the molecule is COCC(N)CN(C)C(C)COC. The van der Waals surface area contributed by atoms with Gasteiger partial charge in [-0.3, -0.25) is 4.90 Å². The second-order valence-corrected chi connectivity index (χ2v) is 3.46. The van der Waals surface area contributed by atoms with E-state index in [0.29, 0.717) is 12.6 Å². The Morgan fingerprint density at radius 3 is 2.23 bits per heavy atom. The molecule has 2 N–H and O–H groups in total. The second-order valence-electron chi connectivity index (χ2n) is 3.46. The number of methoxy groups -OCH3 is 2. The Hall–Kier alpha value is -0.160. The first-order valence-electron chi connectivity index (χ1n) is 4.55. The molecule has 0 heterocycles. The van der Waals surface area contributed by atoms with E-state index in [1.165, 1.54) is 0 Å². The topological polar surface area (TPSA) is 47.7 Å². The molecule has 0 aliphatic rings. The van der Waals surface area contributed by atoms with Crippen LogP contribution in [0.5, 0.6) is 0 Å². The minimum absolute atomic E-state index is 0.0781. The molecule has 4 heteroatoms. The van der Waals surface area contributed by atoms with Gasteiger partial charge in [-0.1, -0.05) is 0 Å². The van der Waals surface area contributed by atoms with Gasteiger partial charge in [0.2, 0.25) is 0 Å². The Kier molecular flexibility index (Phi) is 7.17. The summed E-state index contributed by atoms with van der Waals surface area (Å²) in [7, 11) is 5.41. The largest absolute Gasteiger partial charge is 0.383 e. The maximum Gasteiger partial charge on any atom is 0.0626 e. The van der Waals surface area contributed by atoms with Crippen LogP contribution >= 0.6 is 0 Å². The fraction of sp³-hybridized carbons (Fsp3) is 1.00. The molecular formula is C9H22N2O2. The molecule has 0 saturated heterocycles. The molecule has 80 valence electrons. The molecule has 0 aliphatic carbocycles. The smallest absolute Gasteiger partial charge is 0.0626 e. The molecule has 0 aromatic rings. The summed E-state index contributed by atoms with van der Waals surface area (Å²) in [4.78, 5) is 2.17. The van der Waals surface area contributed by atoms with E-state index in [9.17, 15) is 0 Å². The maximum absolute atomic E-state index is 5.81. The van der Waals surface area contributed by atoms with E-state index in [-0.39, 0.29) is 6.04 Å². The van der Waals surface area contributed by atoms with Crippen molar-refractivity contribution < 1.29 is 9.47 Å². The zero-order valence-corrected chi connectivity index (χ0v) is 9.12. The van der Waals surface area contributed by atoms with Crippen molar-refractivity contribution in [2.24, 2.45) is 5.73 Å². The van der Waals surface area contributed by atoms with E-state index < -0.39 is 0 Å².